The van der Waals surface area contributed by atoms with Crippen LogP contribution in [0.25, 0.3) is 0 Å². The summed E-state index contributed by atoms with van der Waals surface area (Å²) in [5.74, 6) is -0.152. The molecule has 16 heavy (non-hydrogen) atoms. The van der Waals surface area contributed by atoms with Gasteiger partial charge >= 0.3 is 6.09 Å². The molecule has 1 aliphatic rings. The molecule has 1 saturated heterocycles. The van der Waals surface area contributed by atoms with Crippen LogP contribution >= 0.6 is 0 Å². The Morgan fingerprint density at radius 1 is 1.62 bits per heavy atom. The molecule has 1 aliphatic heterocycles. The fourth-order valence-corrected chi connectivity index (χ4v) is 1.80. The molecule has 90 valence electrons. The molecular weight excluding hydrogens is 208 g/mol. The molecule has 5 nitrogen and oxygen atoms in total. The number of nitrogens with zero attached hydrogens (tertiary/aromatic N) is 1. The van der Waals surface area contributed by atoms with Crippen LogP contribution < -0.4 is 5.32 Å². The number of rotatable bonds is 3. The highest BCUT2D eigenvalue weighted by Gasteiger charge is 2.28. The van der Waals surface area contributed by atoms with Gasteiger partial charge in [0.2, 0.25) is 5.91 Å². The van der Waals surface area contributed by atoms with Gasteiger partial charge in [-0.2, -0.15) is 0 Å². The van der Waals surface area contributed by atoms with Gasteiger partial charge in [0.15, 0.2) is 0 Å². The van der Waals surface area contributed by atoms with Crippen LogP contribution in [-0.4, -0.2) is 43.6 Å². The predicted molar refractivity (Wildman–Crippen MR) is 59.9 cm³/mol. The van der Waals surface area contributed by atoms with Gasteiger partial charge in [0.05, 0.1) is 13.0 Å². The third kappa shape index (κ3) is 3.25. The Balaban J connectivity index is 2.46. The topological polar surface area (TPSA) is 58.6 Å². The summed E-state index contributed by atoms with van der Waals surface area (Å²) in [7, 11) is 1.35. The molecule has 1 heterocycles. The van der Waals surface area contributed by atoms with Crippen LogP contribution in [-0.2, 0) is 9.53 Å². The summed E-state index contributed by atoms with van der Waals surface area (Å²) in [6.45, 7) is 5.11. The second-order valence-electron chi connectivity index (χ2n) is 3.79. The molecule has 1 fully saturated rings. The van der Waals surface area contributed by atoms with E-state index in [0.29, 0.717) is 19.6 Å². The molecule has 0 radical (unpaired) electrons. The van der Waals surface area contributed by atoms with Crippen LogP contribution in [0.2, 0.25) is 0 Å². The van der Waals surface area contributed by atoms with E-state index in [0.717, 1.165) is 12.8 Å². The highest BCUT2D eigenvalue weighted by Crippen LogP contribution is 2.17. The van der Waals surface area contributed by atoms with Crippen LogP contribution in [0.3, 0.4) is 0 Å². The smallest absolute Gasteiger partial charge is 0.409 e. The Hall–Kier alpha value is -1.52. The monoisotopic (exact) mass is 226 g/mol. The number of piperidine rings is 1. The Labute approximate surface area is 95.4 Å². The highest BCUT2D eigenvalue weighted by molar-refractivity contribution is 5.80. The zero-order chi connectivity index (χ0) is 12.0. The molecular formula is C11H18N2O3. The van der Waals surface area contributed by atoms with Crippen LogP contribution in [0.4, 0.5) is 4.79 Å². The lowest BCUT2D eigenvalue weighted by Crippen LogP contribution is -2.45. The lowest BCUT2D eigenvalue weighted by atomic mass is 9.97. The molecule has 2 amide bonds. The quantitative estimate of drug-likeness (QED) is 0.723. The summed E-state index contributed by atoms with van der Waals surface area (Å²) >= 11 is 0. The van der Waals surface area contributed by atoms with Gasteiger partial charge < -0.3 is 15.0 Å². The van der Waals surface area contributed by atoms with Gasteiger partial charge in [-0.05, 0) is 12.8 Å². The summed E-state index contributed by atoms with van der Waals surface area (Å²) in [5.41, 5.74) is 0. The van der Waals surface area contributed by atoms with Gasteiger partial charge in [-0.25, -0.2) is 4.79 Å². The number of hydrogen-bond acceptors (Lipinski definition) is 3. The third-order valence-electron chi connectivity index (χ3n) is 2.65. The van der Waals surface area contributed by atoms with E-state index in [-0.39, 0.29) is 17.9 Å². The third-order valence-corrected chi connectivity index (χ3v) is 2.65. The van der Waals surface area contributed by atoms with Crippen molar-refractivity contribution in [3.8, 4) is 0 Å². The Morgan fingerprint density at radius 2 is 2.38 bits per heavy atom. The van der Waals surface area contributed by atoms with E-state index in [1.165, 1.54) is 7.11 Å². The first-order valence-corrected chi connectivity index (χ1v) is 5.40. The van der Waals surface area contributed by atoms with Crippen LogP contribution in [0, 0.1) is 5.92 Å². The number of methoxy groups -OCH3 is 1. The Morgan fingerprint density at radius 3 is 3.00 bits per heavy atom. The number of likely N-dealkylation sites (tertiary alicyclic amines) is 1. The van der Waals surface area contributed by atoms with Crippen LogP contribution in [0.5, 0.6) is 0 Å². The summed E-state index contributed by atoms with van der Waals surface area (Å²) in [6, 6.07) is 0. The fraction of sp³-hybridized carbons (Fsp3) is 0.636. The van der Waals surface area contributed by atoms with Crippen molar-refractivity contribution >= 4 is 12.0 Å². The minimum Gasteiger partial charge on any atom is -0.453 e. The van der Waals surface area contributed by atoms with Crippen molar-refractivity contribution in [3.63, 3.8) is 0 Å². The molecule has 0 aliphatic carbocycles. The van der Waals surface area contributed by atoms with Crippen molar-refractivity contribution in [1.29, 1.82) is 0 Å². The molecule has 1 atom stereocenters. The second kappa shape index (κ2) is 6.15. The van der Waals surface area contributed by atoms with Gasteiger partial charge in [0.1, 0.15) is 0 Å². The number of amides is 2. The van der Waals surface area contributed by atoms with E-state index in [1.54, 1.807) is 11.0 Å². The summed E-state index contributed by atoms with van der Waals surface area (Å²) < 4.78 is 4.64. The van der Waals surface area contributed by atoms with Crippen LogP contribution in [0.15, 0.2) is 12.7 Å². The first-order valence-electron chi connectivity index (χ1n) is 5.40. The van der Waals surface area contributed by atoms with E-state index in [4.69, 9.17) is 0 Å². The number of carbonyl (C=O) groups is 2. The Kier molecular flexibility index (Phi) is 4.82. The lowest BCUT2D eigenvalue weighted by Gasteiger charge is -2.30. The molecule has 0 saturated carbocycles. The molecule has 0 bridgehead atoms. The molecule has 0 aromatic heterocycles. The average molecular weight is 226 g/mol. The zero-order valence-corrected chi connectivity index (χ0v) is 9.57. The zero-order valence-electron chi connectivity index (χ0n) is 9.57. The van der Waals surface area contributed by atoms with E-state index in [2.05, 4.69) is 16.6 Å². The lowest BCUT2D eigenvalue weighted by molar-refractivity contribution is -0.126. The molecule has 0 spiro atoms. The summed E-state index contributed by atoms with van der Waals surface area (Å²) in [5, 5.41) is 2.74. The van der Waals surface area contributed by atoms with Crippen molar-refractivity contribution in [2.75, 3.05) is 26.7 Å². The second-order valence-corrected chi connectivity index (χ2v) is 3.79. The normalized spacial score (nSPS) is 20.1. The number of ether oxygens (including phenoxy) is 1. The minimum absolute atomic E-state index is 0.0199. The van der Waals surface area contributed by atoms with E-state index in [9.17, 15) is 9.59 Å². The van der Waals surface area contributed by atoms with E-state index in [1.807, 2.05) is 0 Å². The minimum atomic E-state index is -0.360. The SMILES string of the molecule is C=CCNC(=O)C1CCCN(C(=O)OC)C1. The maximum atomic E-state index is 11.7. The van der Waals surface area contributed by atoms with Gasteiger partial charge in [0.25, 0.3) is 0 Å². The van der Waals surface area contributed by atoms with Crippen molar-refractivity contribution < 1.29 is 14.3 Å². The maximum absolute atomic E-state index is 11.7. The van der Waals surface area contributed by atoms with Gasteiger partial charge in [-0.1, -0.05) is 6.08 Å². The number of hydrogen-bond donors (Lipinski definition) is 1. The number of nitrogens with one attached hydrogen (secondary N) is 1. The summed E-state index contributed by atoms with van der Waals surface area (Å²) in [6.07, 6.45) is 2.93. The Bertz CT molecular complexity index is 278. The van der Waals surface area contributed by atoms with E-state index >= 15 is 0 Å². The summed E-state index contributed by atoms with van der Waals surface area (Å²) in [4.78, 5) is 24.6. The molecule has 1 N–H and O–H groups in total. The maximum Gasteiger partial charge on any atom is 0.409 e. The fourth-order valence-electron chi connectivity index (χ4n) is 1.80. The predicted octanol–water partition coefficient (Wildman–Crippen LogP) is 0.767. The van der Waals surface area contributed by atoms with E-state index < -0.39 is 0 Å². The first kappa shape index (κ1) is 12.5. The standard InChI is InChI=1S/C11H18N2O3/c1-3-6-12-10(14)9-5-4-7-13(8-9)11(15)16-2/h3,9H,1,4-8H2,2H3,(H,12,14). The molecule has 5 heteroatoms. The molecule has 1 unspecified atom stereocenters. The largest absolute Gasteiger partial charge is 0.453 e. The first-order chi connectivity index (χ1) is 7.69. The van der Waals surface area contributed by atoms with Crippen molar-refractivity contribution in [2.45, 2.75) is 12.8 Å². The average Bonchev–Trinajstić information content (AvgIpc) is 2.35. The van der Waals surface area contributed by atoms with Crippen molar-refractivity contribution in [3.05, 3.63) is 12.7 Å². The molecule has 0 aromatic rings. The van der Waals surface area contributed by atoms with Gasteiger partial charge in [-0.15, -0.1) is 6.58 Å². The molecule has 1 rings (SSSR count). The van der Waals surface area contributed by atoms with Crippen molar-refractivity contribution in [1.82, 2.24) is 10.2 Å². The van der Waals surface area contributed by atoms with Gasteiger partial charge in [0, 0.05) is 19.6 Å². The van der Waals surface area contributed by atoms with Crippen LogP contribution in [0.1, 0.15) is 12.8 Å². The van der Waals surface area contributed by atoms with Gasteiger partial charge in [-0.3, -0.25) is 4.79 Å². The van der Waals surface area contributed by atoms with Crippen molar-refractivity contribution in [2.24, 2.45) is 5.92 Å². The molecule has 0 aromatic carbocycles. The number of carbonyl (C=O) groups excluding carboxylic acids is 2. The highest BCUT2D eigenvalue weighted by atomic mass is 16.5.